The molecule has 0 spiro atoms. The number of amides is 2. The highest BCUT2D eigenvalue weighted by molar-refractivity contribution is 6.09. The van der Waals surface area contributed by atoms with Gasteiger partial charge in [-0.05, 0) is 12.1 Å². The zero-order chi connectivity index (χ0) is 16.4. The van der Waals surface area contributed by atoms with Crippen LogP contribution in [0.15, 0.2) is 60.7 Å². The number of nitrogens with two attached hydrogens (primary N) is 2. The summed E-state index contributed by atoms with van der Waals surface area (Å²) in [5, 5.41) is 4.22. The molecule has 4 N–H and O–H groups in total. The van der Waals surface area contributed by atoms with E-state index in [1.807, 2.05) is 60.7 Å². The number of nitrogens with zero attached hydrogens (tertiary/aromatic N) is 2. The lowest BCUT2D eigenvalue weighted by atomic mass is 10.0. The number of rotatable bonds is 4. The average molecular weight is 306 g/mol. The molecule has 1 heterocycles. The van der Waals surface area contributed by atoms with Gasteiger partial charge in [-0.2, -0.15) is 5.10 Å². The van der Waals surface area contributed by atoms with Gasteiger partial charge in [0.25, 0.3) is 11.8 Å². The van der Waals surface area contributed by atoms with Crippen LogP contribution < -0.4 is 11.5 Å². The lowest BCUT2D eigenvalue weighted by Crippen LogP contribution is -2.20. The maximum absolute atomic E-state index is 11.9. The summed E-state index contributed by atoms with van der Waals surface area (Å²) in [6.45, 7) is 0. The van der Waals surface area contributed by atoms with Gasteiger partial charge in [0, 0.05) is 5.56 Å². The van der Waals surface area contributed by atoms with E-state index < -0.39 is 11.8 Å². The van der Waals surface area contributed by atoms with Crippen LogP contribution in [0.3, 0.4) is 0 Å². The number of carbonyl (C=O) groups excluding carboxylic acids is 2. The van der Waals surface area contributed by atoms with Crippen LogP contribution in [-0.2, 0) is 0 Å². The minimum absolute atomic E-state index is 0.0209. The quantitative estimate of drug-likeness (QED) is 0.767. The highest BCUT2D eigenvalue weighted by atomic mass is 16.2. The molecule has 1 aromatic heterocycles. The van der Waals surface area contributed by atoms with Crippen molar-refractivity contribution in [3.63, 3.8) is 0 Å². The fourth-order valence-corrected chi connectivity index (χ4v) is 2.44. The normalized spacial score (nSPS) is 10.4. The number of benzene rings is 2. The van der Waals surface area contributed by atoms with Crippen LogP contribution in [-0.4, -0.2) is 21.6 Å². The van der Waals surface area contributed by atoms with Gasteiger partial charge in [-0.25, -0.2) is 4.68 Å². The molecule has 0 fully saturated rings. The molecule has 0 bridgehead atoms. The summed E-state index contributed by atoms with van der Waals surface area (Å²) in [4.78, 5) is 23.6. The van der Waals surface area contributed by atoms with Crippen molar-refractivity contribution in [3.05, 3.63) is 71.9 Å². The first-order valence-corrected chi connectivity index (χ1v) is 6.93. The van der Waals surface area contributed by atoms with Gasteiger partial charge in [0.05, 0.1) is 16.9 Å². The van der Waals surface area contributed by atoms with Gasteiger partial charge in [0.1, 0.15) is 0 Å². The van der Waals surface area contributed by atoms with Gasteiger partial charge in [0.2, 0.25) is 0 Å². The average Bonchev–Trinajstić information content (AvgIpc) is 2.97. The van der Waals surface area contributed by atoms with Crippen molar-refractivity contribution in [2.75, 3.05) is 0 Å². The van der Waals surface area contributed by atoms with Crippen molar-refractivity contribution in [2.45, 2.75) is 0 Å². The van der Waals surface area contributed by atoms with Gasteiger partial charge in [0.15, 0.2) is 5.69 Å². The van der Waals surface area contributed by atoms with E-state index in [-0.39, 0.29) is 11.3 Å². The van der Waals surface area contributed by atoms with Gasteiger partial charge < -0.3 is 11.5 Å². The Hall–Kier alpha value is -3.41. The van der Waals surface area contributed by atoms with Gasteiger partial charge in [-0.15, -0.1) is 0 Å². The lowest BCUT2D eigenvalue weighted by molar-refractivity contribution is 0.0965. The number of carbonyl (C=O) groups is 2. The van der Waals surface area contributed by atoms with E-state index in [0.717, 1.165) is 0 Å². The van der Waals surface area contributed by atoms with E-state index in [0.29, 0.717) is 16.9 Å². The topological polar surface area (TPSA) is 104 Å². The van der Waals surface area contributed by atoms with Crippen molar-refractivity contribution in [2.24, 2.45) is 11.5 Å². The Morgan fingerprint density at radius 2 is 1.39 bits per heavy atom. The van der Waals surface area contributed by atoms with Crippen molar-refractivity contribution in [1.82, 2.24) is 9.78 Å². The molecule has 6 heteroatoms. The highest BCUT2D eigenvalue weighted by Gasteiger charge is 2.26. The zero-order valence-corrected chi connectivity index (χ0v) is 12.1. The molecule has 2 aromatic carbocycles. The van der Waals surface area contributed by atoms with Crippen LogP contribution in [0.25, 0.3) is 16.9 Å². The third-order valence-corrected chi connectivity index (χ3v) is 3.41. The summed E-state index contributed by atoms with van der Waals surface area (Å²) in [7, 11) is 0. The first kappa shape index (κ1) is 14.5. The number of hydrogen-bond acceptors (Lipinski definition) is 3. The first-order chi connectivity index (χ1) is 11.1. The fraction of sp³-hybridized carbons (Fsp3) is 0. The molecule has 3 aromatic rings. The van der Waals surface area contributed by atoms with Crippen LogP contribution in [0.4, 0.5) is 0 Å². The van der Waals surface area contributed by atoms with Crippen LogP contribution in [0.5, 0.6) is 0 Å². The summed E-state index contributed by atoms with van der Waals surface area (Å²) >= 11 is 0. The maximum Gasteiger partial charge on any atom is 0.270 e. The predicted molar refractivity (Wildman–Crippen MR) is 86.0 cm³/mol. The Morgan fingerprint density at radius 1 is 0.826 bits per heavy atom. The first-order valence-electron chi connectivity index (χ1n) is 6.93. The van der Waals surface area contributed by atoms with Crippen molar-refractivity contribution >= 4 is 11.8 Å². The van der Waals surface area contributed by atoms with Crippen LogP contribution in [0.1, 0.15) is 20.8 Å². The smallest absolute Gasteiger partial charge is 0.270 e. The monoisotopic (exact) mass is 306 g/mol. The fourth-order valence-electron chi connectivity index (χ4n) is 2.44. The van der Waals surface area contributed by atoms with Crippen LogP contribution in [0.2, 0.25) is 0 Å². The van der Waals surface area contributed by atoms with Crippen LogP contribution in [0, 0.1) is 0 Å². The molecule has 0 unspecified atom stereocenters. The summed E-state index contributed by atoms with van der Waals surface area (Å²) in [5.74, 6) is -1.55. The Morgan fingerprint density at radius 3 is 1.91 bits per heavy atom. The zero-order valence-electron chi connectivity index (χ0n) is 12.1. The number of para-hydroxylation sites is 1. The molecular weight excluding hydrogens is 292 g/mol. The number of hydrogen-bond donors (Lipinski definition) is 2. The predicted octanol–water partition coefficient (Wildman–Crippen LogP) is 1.74. The van der Waals surface area contributed by atoms with Crippen molar-refractivity contribution in [3.8, 4) is 16.9 Å². The Kier molecular flexibility index (Phi) is 3.64. The van der Waals surface area contributed by atoms with E-state index in [4.69, 9.17) is 11.5 Å². The maximum atomic E-state index is 11.9. The van der Waals surface area contributed by atoms with E-state index in [1.54, 1.807) is 0 Å². The second kappa shape index (κ2) is 5.76. The molecule has 2 amide bonds. The standard InChI is InChI=1S/C17H14N4O2/c18-16(22)13-14(17(19)23)20-21(12-9-5-2-6-10-12)15(13)11-7-3-1-4-8-11/h1-10H,(H2,18,22)(H2,19,23). The van der Waals surface area contributed by atoms with Gasteiger partial charge in [-0.3, -0.25) is 9.59 Å². The third-order valence-electron chi connectivity index (χ3n) is 3.41. The summed E-state index contributed by atoms with van der Waals surface area (Å²) in [6, 6.07) is 18.3. The SMILES string of the molecule is NC(=O)c1nn(-c2ccccc2)c(-c2ccccc2)c1C(N)=O. The third kappa shape index (κ3) is 2.57. The molecule has 6 nitrogen and oxygen atoms in total. The summed E-state index contributed by atoms with van der Waals surface area (Å²) in [5.41, 5.74) is 12.6. The van der Waals surface area contributed by atoms with E-state index in [2.05, 4.69) is 5.10 Å². The molecular formula is C17H14N4O2. The Labute approximate surface area is 132 Å². The molecule has 0 saturated heterocycles. The largest absolute Gasteiger partial charge is 0.365 e. The number of primary amides is 2. The van der Waals surface area contributed by atoms with E-state index in [9.17, 15) is 9.59 Å². The second-order valence-electron chi connectivity index (χ2n) is 4.91. The molecule has 23 heavy (non-hydrogen) atoms. The molecule has 0 aliphatic heterocycles. The molecule has 0 atom stereocenters. The van der Waals surface area contributed by atoms with E-state index >= 15 is 0 Å². The second-order valence-corrected chi connectivity index (χ2v) is 4.91. The molecule has 0 aliphatic carbocycles. The molecule has 0 saturated carbocycles. The number of aromatic nitrogens is 2. The van der Waals surface area contributed by atoms with Gasteiger partial charge in [-0.1, -0.05) is 48.5 Å². The highest BCUT2D eigenvalue weighted by Crippen LogP contribution is 2.28. The van der Waals surface area contributed by atoms with Crippen molar-refractivity contribution in [1.29, 1.82) is 0 Å². The molecule has 114 valence electrons. The Bertz CT molecular complexity index is 870. The lowest BCUT2D eigenvalue weighted by Gasteiger charge is -2.08. The van der Waals surface area contributed by atoms with Gasteiger partial charge >= 0.3 is 0 Å². The van der Waals surface area contributed by atoms with Crippen LogP contribution >= 0.6 is 0 Å². The Balaban J connectivity index is 2.38. The molecule has 3 rings (SSSR count). The summed E-state index contributed by atoms with van der Waals surface area (Å²) < 4.78 is 1.51. The van der Waals surface area contributed by atoms with Crippen molar-refractivity contribution < 1.29 is 9.59 Å². The molecule has 0 radical (unpaired) electrons. The summed E-state index contributed by atoms with van der Waals surface area (Å²) in [6.07, 6.45) is 0. The molecule has 0 aliphatic rings. The minimum atomic E-state index is -0.800. The minimum Gasteiger partial charge on any atom is -0.365 e. The van der Waals surface area contributed by atoms with E-state index in [1.165, 1.54) is 4.68 Å².